The monoisotopic (exact) mass is 219 g/mol. The van der Waals surface area contributed by atoms with E-state index in [0.717, 1.165) is 5.56 Å². The van der Waals surface area contributed by atoms with E-state index in [9.17, 15) is 4.79 Å². The lowest BCUT2D eigenvalue weighted by atomic mass is 10.0. The number of rotatable bonds is 4. The van der Waals surface area contributed by atoms with Gasteiger partial charge in [0.25, 0.3) is 6.04 Å². The molecule has 0 aliphatic carbocycles. The average molecular weight is 219 g/mol. The van der Waals surface area contributed by atoms with E-state index in [4.69, 9.17) is 11.3 Å². The van der Waals surface area contributed by atoms with Crippen molar-refractivity contribution < 1.29 is 14.3 Å². The molecule has 0 aliphatic heterocycles. The smallest absolute Gasteiger partial charge is 0.313 e. The number of esters is 1. The summed E-state index contributed by atoms with van der Waals surface area (Å²) >= 11 is 0. The molecule has 0 amide bonds. The van der Waals surface area contributed by atoms with Crippen LogP contribution in [0, 0.1) is 6.57 Å². The molecule has 0 saturated heterocycles. The molecule has 4 nitrogen and oxygen atoms in total. The molecule has 0 fully saturated rings. The predicted octanol–water partition coefficient (Wildman–Crippen LogP) is 2.22. The number of hydrogen-bond donors (Lipinski definition) is 0. The van der Waals surface area contributed by atoms with Gasteiger partial charge in [-0.25, -0.2) is 6.57 Å². The fourth-order valence-electron chi connectivity index (χ4n) is 1.33. The minimum absolute atomic E-state index is 0.0627. The van der Waals surface area contributed by atoms with Gasteiger partial charge in [0.2, 0.25) is 0 Å². The van der Waals surface area contributed by atoms with Crippen molar-refractivity contribution in [3.8, 4) is 5.75 Å². The Bertz CT molecular complexity index is 409. The van der Waals surface area contributed by atoms with Crippen LogP contribution in [0.1, 0.15) is 18.0 Å². The van der Waals surface area contributed by atoms with Crippen molar-refractivity contribution in [1.82, 2.24) is 0 Å². The molecule has 1 unspecified atom stereocenters. The van der Waals surface area contributed by atoms with Crippen LogP contribution in [0.2, 0.25) is 0 Å². The number of methoxy groups -OCH3 is 2. The molecule has 0 radical (unpaired) electrons. The van der Waals surface area contributed by atoms with Crippen molar-refractivity contribution in [2.24, 2.45) is 0 Å². The van der Waals surface area contributed by atoms with Crippen LogP contribution in [0.3, 0.4) is 0 Å². The Morgan fingerprint density at radius 2 is 2.25 bits per heavy atom. The highest BCUT2D eigenvalue weighted by molar-refractivity contribution is 5.70. The normalized spacial score (nSPS) is 11.3. The van der Waals surface area contributed by atoms with E-state index in [0.29, 0.717) is 5.75 Å². The third kappa shape index (κ3) is 2.99. The molecule has 0 aromatic heterocycles. The maximum Gasteiger partial charge on any atom is 0.313 e. The number of nitrogens with zero attached hydrogens (tertiary/aromatic N) is 1. The van der Waals surface area contributed by atoms with Gasteiger partial charge in [-0.1, -0.05) is 12.1 Å². The third-order valence-electron chi connectivity index (χ3n) is 2.22. The Morgan fingerprint density at radius 3 is 2.81 bits per heavy atom. The molecule has 0 spiro atoms. The number of benzene rings is 1. The van der Waals surface area contributed by atoms with Gasteiger partial charge in [-0.2, -0.15) is 0 Å². The molecule has 4 heteroatoms. The van der Waals surface area contributed by atoms with E-state index in [1.165, 1.54) is 7.11 Å². The second kappa shape index (κ2) is 5.76. The van der Waals surface area contributed by atoms with Crippen molar-refractivity contribution in [3.63, 3.8) is 0 Å². The van der Waals surface area contributed by atoms with E-state index >= 15 is 0 Å². The van der Waals surface area contributed by atoms with Gasteiger partial charge >= 0.3 is 5.97 Å². The van der Waals surface area contributed by atoms with Gasteiger partial charge in [0.15, 0.2) is 0 Å². The fraction of sp³-hybridized carbons (Fsp3) is 0.333. The molecule has 0 aliphatic rings. The average Bonchev–Trinajstić information content (AvgIpc) is 2.35. The van der Waals surface area contributed by atoms with Crippen molar-refractivity contribution >= 4 is 5.97 Å². The molecular weight excluding hydrogens is 206 g/mol. The van der Waals surface area contributed by atoms with Crippen LogP contribution >= 0.6 is 0 Å². The van der Waals surface area contributed by atoms with Crippen LogP contribution in [0.5, 0.6) is 5.75 Å². The van der Waals surface area contributed by atoms with Crippen molar-refractivity contribution in [3.05, 3.63) is 41.2 Å². The molecule has 1 aromatic rings. The van der Waals surface area contributed by atoms with Crippen LogP contribution in [-0.2, 0) is 9.53 Å². The lowest BCUT2D eigenvalue weighted by Gasteiger charge is -2.06. The molecule has 1 rings (SSSR count). The van der Waals surface area contributed by atoms with Crippen molar-refractivity contribution in [2.45, 2.75) is 12.5 Å². The van der Waals surface area contributed by atoms with Crippen LogP contribution in [0.25, 0.3) is 4.85 Å². The summed E-state index contributed by atoms with van der Waals surface area (Å²) in [5, 5.41) is 0. The summed E-state index contributed by atoms with van der Waals surface area (Å²) < 4.78 is 9.61. The first kappa shape index (κ1) is 12.1. The Labute approximate surface area is 94.6 Å². The number of carbonyl (C=O) groups excluding carboxylic acids is 1. The zero-order chi connectivity index (χ0) is 12.0. The first-order chi connectivity index (χ1) is 7.71. The number of carbonyl (C=O) groups is 1. The Morgan fingerprint density at radius 1 is 1.50 bits per heavy atom. The van der Waals surface area contributed by atoms with Gasteiger partial charge in [-0.15, -0.1) is 0 Å². The quantitative estimate of drug-likeness (QED) is 0.575. The zero-order valence-electron chi connectivity index (χ0n) is 9.27. The van der Waals surface area contributed by atoms with E-state index in [-0.39, 0.29) is 12.4 Å². The molecule has 0 bridgehead atoms. The third-order valence-corrected chi connectivity index (χ3v) is 2.22. The second-order valence-electron chi connectivity index (χ2n) is 3.20. The zero-order valence-corrected chi connectivity index (χ0v) is 9.27. The predicted molar refractivity (Wildman–Crippen MR) is 59.0 cm³/mol. The van der Waals surface area contributed by atoms with E-state index in [1.807, 2.05) is 0 Å². The minimum Gasteiger partial charge on any atom is -0.497 e. The first-order valence-corrected chi connectivity index (χ1v) is 4.78. The molecule has 0 saturated carbocycles. The maximum absolute atomic E-state index is 11.1. The standard InChI is InChI=1S/C12H13NO3/c1-13-11(8-12(14)16-3)9-5-4-6-10(7-9)15-2/h4-7,11H,8H2,2-3H3. The molecule has 0 N–H and O–H groups in total. The van der Waals surface area contributed by atoms with Crippen LogP contribution in [-0.4, -0.2) is 20.2 Å². The minimum atomic E-state index is -0.512. The van der Waals surface area contributed by atoms with Gasteiger partial charge < -0.3 is 14.3 Å². The van der Waals surface area contributed by atoms with E-state index in [1.54, 1.807) is 31.4 Å². The summed E-state index contributed by atoms with van der Waals surface area (Å²) in [6, 6.07) is 6.63. The molecule has 16 heavy (non-hydrogen) atoms. The van der Waals surface area contributed by atoms with Gasteiger partial charge in [-0.05, 0) is 12.1 Å². The Balaban J connectivity index is 2.87. The topological polar surface area (TPSA) is 39.9 Å². The summed E-state index contributed by atoms with van der Waals surface area (Å²) in [5.74, 6) is 0.292. The van der Waals surface area contributed by atoms with E-state index in [2.05, 4.69) is 9.58 Å². The highest BCUT2D eigenvalue weighted by atomic mass is 16.5. The number of ether oxygens (including phenoxy) is 2. The molecule has 84 valence electrons. The highest BCUT2D eigenvalue weighted by Gasteiger charge is 2.21. The molecule has 1 atom stereocenters. The van der Waals surface area contributed by atoms with Gasteiger partial charge in [-0.3, -0.25) is 4.79 Å². The summed E-state index contributed by atoms with van der Waals surface area (Å²) in [5.41, 5.74) is 0.764. The highest BCUT2D eigenvalue weighted by Crippen LogP contribution is 2.25. The van der Waals surface area contributed by atoms with Crippen molar-refractivity contribution in [1.29, 1.82) is 0 Å². The molecular formula is C12H13NO3. The van der Waals surface area contributed by atoms with Gasteiger partial charge in [0.05, 0.1) is 14.2 Å². The Kier molecular flexibility index (Phi) is 4.34. The molecule has 1 aromatic carbocycles. The fourth-order valence-corrected chi connectivity index (χ4v) is 1.33. The lowest BCUT2D eigenvalue weighted by Crippen LogP contribution is -2.06. The van der Waals surface area contributed by atoms with Crippen LogP contribution in [0.4, 0.5) is 0 Å². The SMILES string of the molecule is [C-]#[N+]C(CC(=O)OC)c1cccc(OC)c1. The summed E-state index contributed by atoms with van der Waals surface area (Å²) in [6.07, 6.45) is 0.0627. The van der Waals surface area contributed by atoms with Gasteiger partial charge in [0.1, 0.15) is 12.2 Å². The lowest BCUT2D eigenvalue weighted by molar-refractivity contribution is -0.140. The van der Waals surface area contributed by atoms with E-state index < -0.39 is 6.04 Å². The number of hydrogen-bond acceptors (Lipinski definition) is 3. The van der Waals surface area contributed by atoms with Crippen molar-refractivity contribution in [2.75, 3.05) is 14.2 Å². The summed E-state index contributed by atoms with van der Waals surface area (Å²) in [4.78, 5) is 14.5. The Hall–Kier alpha value is -2.02. The first-order valence-electron chi connectivity index (χ1n) is 4.78. The second-order valence-corrected chi connectivity index (χ2v) is 3.20. The molecule has 0 heterocycles. The van der Waals surface area contributed by atoms with Crippen LogP contribution in [0.15, 0.2) is 24.3 Å². The van der Waals surface area contributed by atoms with Gasteiger partial charge in [0, 0.05) is 5.56 Å². The summed E-state index contributed by atoms with van der Waals surface area (Å²) in [7, 11) is 2.88. The van der Waals surface area contributed by atoms with Crippen LogP contribution < -0.4 is 4.74 Å². The largest absolute Gasteiger partial charge is 0.497 e. The maximum atomic E-state index is 11.1. The summed E-state index contributed by atoms with van der Waals surface area (Å²) in [6.45, 7) is 7.07.